The van der Waals surface area contributed by atoms with Crippen molar-refractivity contribution in [2.75, 3.05) is 10.6 Å². The Morgan fingerprint density at radius 1 is 1.42 bits per heavy atom. The van der Waals surface area contributed by atoms with Gasteiger partial charge in [-0.2, -0.15) is 4.68 Å². The smallest absolute Gasteiger partial charge is 0.250 e. The quantitative estimate of drug-likeness (QED) is 0.692. The average molecular weight is 343 g/mol. The summed E-state index contributed by atoms with van der Waals surface area (Å²) >= 11 is 6.02. The zero-order chi connectivity index (χ0) is 19.1. The standard InChI is InChI=1S/C15H10ClN7O/c16-9-1-2-13-11(7-9)19-12(15-20-21-22-23(13)15)8-14(24)18-10-3-5-17-6-4-10/h1-8,19H,(H,17,18,24)/b12-8-/i8D/hD2. The van der Waals surface area contributed by atoms with Crippen molar-refractivity contribution in [3.8, 4) is 5.69 Å². The van der Waals surface area contributed by atoms with Crippen molar-refractivity contribution in [3.05, 3.63) is 59.6 Å². The highest BCUT2D eigenvalue weighted by Gasteiger charge is 2.23. The molecule has 0 spiro atoms. The van der Waals surface area contributed by atoms with Crippen LogP contribution in [0.1, 0.15) is 7.20 Å². The van der Waals surface area contributed by atoms with Gasteiger partial charge in [0.1, 0.15) is 0 Å². The Morgan fingerprint density at radius 3 is 3.08 bits per heavy atom. The molecule has 24 heavy (non-hydrogen) atoms. The monoisotopic (exact) mass is 342 g/mol. The van der Waals surface area contributed by atoms with Crippen LogP contribution in [0.25, 0.3) is 11.4 Å². The topological polar surface area (TPSA) is 97.6 Å². The number of hydrogen-bond acceptors (Lipinski definition) is 6. The number of rotatable bonds is 2. The Kier molecular flexibility index (Phi) is 2.71. The predicted molar refractivity (Wildman–Crippen MR) is 88.6 cm³/mol. The molecule has 8 nitrogen and oxygen atoms in total. The van der Waals surface area contributed by atoms with E-state index in [2.05, 4.69) is 20.5 Å². The van der Waals surface area contributed by atoms with Crippen molar-refractivity contribution in [2.45, 2.75) is 0 Å². The summed E-state index contributed by atoms with van der Waals surface area (Å²) in [5.74, 6) is -0.908. The Bertz CT molecular complexity index is 1070. The number of tetrazole rings is 1. The highest BCUT2D eigenvalue weighted by atomic mass is 35.5. The first-order valence-corrected chi connectivity index (χ1v) is 7.18. The molecule has 9 heteroatoms. The number of pyridine rings is 1. The summed E-state index contributed by atoms with van der Waals surface area (Å²) in [5.41, 5.74) is 0.854. The molecule has 0 atom stereocenters. The van der Waals surface area contributed by atoms with Crippen LogP contribution in [0.4, 0.5) is 11.4 Å². The minimum atomic E-state index is -0.950. The number of hydrogen-bond donors (Lipinski definition) is 2. The molecule has 0 bridgehead atoms. The molecule has 118 valence electrons. The normalized spacial score (nSPS) is 16.4. The molecule has 0 fully saturated rings. The molecule has 1 aliphatic heterocycles. The number of carbonyl (C=O) groups is 1. The fraction of sp³-hybridized carbons (Fsp3) is 0. The van der Waals surface area contributed by atoms with Crippen molar-refractivity contribution in [1.29, 1.82) is 0 Å². The van der Waals surface area contributed by atoms with Crippen LogP contribution in [-0.4, -0.2) is 31.1 Å². The Hall–Kier alpha value is -3.26. The fourth-order valence-corrected chi connectivity index (χ4v) is 2.35. The third-order valence-electron chi connectivity index (χ3n) is 3.20. The van der Waals surface area contributed by atoms with Crippen LogP contribution >= 0.6 is 11.6 Å². The minimum Gasteiger partial charge on any atom is -0.350 e. The van der Waals surface area contributed by atoms with E-state index < -0.39 is 12.0 Å². The van der Waals surface area contributed by atoms with Crippen LogP contribution in [0.3, 0.4) is 0 Å². The number of nitrogens with one attached hydrogen (secondary N) is 2. The number of fused-ring (bicyclic) bond motifs is 3. The van der Waals surface area contributed by atoms with Crippen LogP contribution in [0, 0.1) is 0 Å². The SMILES string of the molecule is [2H]/C(C(=O)N([2H])c1ccncc1)=C1\c2nnnn2-c2ccc(Cl)cc2N1[2H]. The van der Waals surface area contributed by atoms with Gasteiger partial charge in [-0.25, -0.2) is 0 Å². The van der Waals surface area contributed by atoms with E-state index in [1.54, 1.807) is 12.1 Å². The maximum Gasteiger partial charge on any atom is 0.250 e. The molecule has 4 rings (SSSR count). The molecule has 0 saturated carbocycles. The molecule has 2 aromatic heterocycles. The van der Waals surface area contributed by atoms with E-state index in [4.69, 9.17) is 15.8 Å². The largest absolute Gasteiger partial charge is 0.350 e. The van der Waals surface area contributed by atoms with Crippen LogP contribution in [0.2, 0.25) is 7.85 Å². The Balaban J connectivity index is 1.84. The maximum atomic E-state index is 12.7. The molecule has 3 heterocycles. The van der Waals surface area contributed by atoms with Crippen molar-refractivity contribution < 1.29 is 8.99 Å². The van der Waals surface area contributed by atoms with Crippen molar-refractivity contribution in [3.63, 3.8) is 0 Å². The summed E-state index contributed by atoms with van der Waals surface area (Å²) in [5, 5.41) is 13.1. The summed E-state index contributed by atoms with van der Waals surface area (Å²) in [7, 11) is 0. The number of benzene rings is 1. The molecular weight excluding hydrogens is 330 g/mol. The Labute approximate surface area is 145 Å². The molecule has 1 aliphatic rings. The summed E-state index contributed by atoms with van der Waals surface area (Å²) < 4.78 is 26.0. The minimum absolute atomic E-state index is 0.0429. The molecule has 0 radical (unpaired) electrons. The van der Waals surface area contributed by atoms with Gasteiger partial charge in [-0.1, -0.05) is 11.6 Å². The van der Waals surface area contributed by atoms with E-state index in [-0.39, 0.29) is 17.2 Å². The molecule has 1 aromatic carbocycles. The van der Waals surface area contributed by atoms with Crippen LogP contribution in [0.5, 0.6) is 0 Å². The lowest BCUT2D eigenvalue weighted by Crippen LogP contribution is -2.18. The van der Waals surface area contributed by atoms with Crippen molar-refractivity contribution in [1.82, 2.24) is 25.2 Å². The van der Waals surface area contributed by atoms with Gasteiger partial charge in [0.25, 0.3) is 5.91 Å². The number of aromatic nitrogens is 5. The number of anilines is 2. The van der Waals surface area contributed by atoms with Crippen LogP contribution < -0.4 is 10.6 Å². The van der Waals surface area contributed by atoms with Gasteiger partial charge in [-0.3, -0.25) is 9.78 Å². The van der Waals surface area contributed by atoms with E-state index in [0.29, 0.717) is 21.7 Å². The lowest BCUT2D eigenvalue weighted by atomic mass is 10.2. The van der Waals surface area contributed by atoms with Gasteiger partial charge in [0.2, 0.25) is 5.82 Å². The second-order valence-corrected chi connectivity index (χ2v) is 5.19. The van der Waals surface area contributed by atoms with Crippen LogP contribution in [-0.2, 0) is 4.79 Å². The maximum absolute atomic E-state index is 12.7. The molecule has 3 aromatic rings. The zero-order valence-electron chi connectivity index (χ0n) is 15.0. The number of amides is 1. The second kappa shape index (κ2) is 5.74. The number of carbonyl (C=O) groups excluding carboxylic acids is 1. The molecule has 0 aliphatic carbocycles. The highest BCUT2D eigenvalue weighted by molar-refractivity contribution is 6.31. The molecule has 1 amide bonds. The van der Waals surface area contributed by atoms with E-state index >= 15 is 0 Å². The van der Waals surface area contributed by atoms with Gasteiger partial charge >= 0.3 is 0 Å². The lowest BCUT2D eigenvalue weighted by Gasteiger charge is -2.20. The summed E-state index contributed by atoms with van der Waals surface area (Å²) in [6.45, 7) is 0. The summed E-state index contributed by atoms with van der Waals surface area (Å²) in [4.78, 5) is 16.5. The second-order valence-electron chi connectivity index (χ2n) is 4.76. The molecule has 0 saturated heterocycles. The van der Waals surface area contributed by atoms with E-state index in [9.17, 15) is 4.79 Å². The Morgan fingerprint density at radius 2 is 2.25 bits per heavy atom. The van der Waals surface area contributed by atoms with Gasteiger partial charge in [0, 0.05) is 29.2 Å². The first-order chi connectivity index (χ1) is 13.0. The van der Waals surface area contributed by atoms with Crippen molar-refractivity contribution >= 4 is 34.6 Å². The third kappa shape index (κ3) is 2.59. The van der Waals surface area contributed by atoms with Gasteiger partial charge in [-0.15, -0.1) is 5.10 Å². The van der Waals surface area contributed by atoms with Gasteiger partial charge in [-0.05, 0) is 40.8 Å². The van der Waals surface area contributed by atoms with E-state index in [1.807, 2.05) is 0 Å². The number of halogens is 1. The first kappa shape index (κ1) is 11.3. The van der Waals surface area contributed by atoms with E-state index in [0.717, 1.165) is 5.31 Å². The van der Waals surface area contributed by atoms with Crippen molar-refractivity contribution in [2.24, 2.45) is 0 Å². The fourth-order valence-electron chi connectivity index (χ4n) is 2.18. The lowest BCUT2D eigenvalue weighted by molar-refractivity contribution is -0.111. The molecule has 0 unspecified atom stereocenters. The number of nitrogens with zero attached hydrogens (tertiary/aromatic N) is 5. The average Bonchev–Trinajstić information content (AvgIpc) is 3.17. The van der Waals surface area contributed by atoms with Crippen LogP contribution in [0.15, 0.2) is 48.8 Å². The van der Waals surface area contributed by atoms with E-state index in [1.165, 1.54) is 35.3 Å². The predicted octanol–water partition coefficient (Wildman–Crippen LogP) is 2.12. The third-order valence-corrected chi connectivity index (χ3v) is 3.43. The summed E-state index contributed by atoms with van der Waals surface area (Å²) in [6, 6.07) is 7.07. The molecular formula is C15H10ClN7O. The zero-order valence-corrected chi connectivity index (χ0v) is 12.7. The van der Waals surface area contributed by atoms with Gasteiger partial charge < -0.3 is 10.6 Å². The highest BCUT2D eigenvalue weighted by Crippen LogP contribution is 2.32. The summed E-state index contributed by atoms with van der Waals surface area (Å²) in [6.07, 6.45) is 2.86. The molecule has 2 N–H and O–H groups in total. The van der Waals surface area contributed by atoms with Gasteiger partial charge in [0.15, 0.2) is 2.82 Å². The first-order valence-electron chi connectivity index (χ1n) is 8.20. The van der Waals surface area contributed by atoms with Gasteiger partial charge in [0.05, 0.1) is 18.4 Å².